The van der Waals surface area contributed by atoms with E-state index in [0.29, 0.717) is 6.07 Å². The van der Waals surface area contributed by atoms with Crippen molar-refractivity contribution in [3.63, 3.8) is 0 Å². The van der Waals surface area contributed by atoms with Crippen LogP contribution in [0.15, 0.2) is 36.4 Å². The number of rotatable bonds is 4. The fourth-order valence-electron chi connectivity index (χ4n) is 1.76. The van der Waals surface area contributed by atoms with Gasteiger partial charge in [0, 0.05) is 0 Å². The van der Waals surface area contributed by atoms with Crippen molar-refractivity contribution in [2.75, 3.05) is 5.32 Å². The van der Waals surface area contributed by atoms with Crippen LogP contribution in [-0.2, 0) is 4.79 Å². The molecule has 23 heavy (non-hydrogen) atoms. The number of carbonyl (C=O) groups excluding carboxylic acids is 1. The first-order chi connectivity index (χ1) is 10.9. The summed E-state index contributed by atoms with van der Waals surface area (Å²) < 4.78 is 44.8. The Balaban J connectivity index is 2.12. The van der Waals surface area contributed by atoms with Crippen molar-refractivity contribution in [1.82, 2.24) is 0 Å². The van der Waals surface area contributed by atoms with Crippen LogP contribution in [-0.4, -0.2) is 12.0 Å². The van der Waals surface area contributed by atoms with Gasteiger partial charge in [-0.2, -0.15) is 5.26 Å². The van der Waals surface area contributed by atoms with E-state index >= 15 is 0 Å². The molecular weight excluding hydrogens is 309 g/mol. The van der Waals surface area contributed by atoms with Gasteiger partial charge in [0.2, 0.25) is 0 Å². The van der Waals surface area contributed by atoms with Gasteiger partial charge in [0.25, 0.3) is 5.91 Å². The van der Waals surface area contributed by atoms with Gasteiger partial charge in [0.05, 0.1) is 11.3 Å². The van der Waals surface area contributed by atoms with E-state index < -0.39 is 35.2 Å². The number of benzene rings is 2. The Morgan fingerprint density at radius 3 is 2.57 bits per heavy atom. The summed E-state index contributed by atoms with van der Waals surface area (Å²) in [6, 6.07) is 9.77. The second kappa shape index (κ2) is 6.83. The molecule has 0 aliphatic rings. The summed E-state index contributed by atoms with van der Waals surface area (Å²) >= 11 is 0. The highest BCUT2D eigenvalue weighted by Crippen LogP contribution is 2.21. The third-order valence-electron chi connectivity index (χ3n) is 2.97. The Kier molecular flexibility index (Phi) is 4.86. The zero-order chi connectivity index (χ0) is 17.0. The third kappa shape index (κ3) is 3.61. The molecule has 0 unspecified atom stereocenters. The van der Waals surface area contributed by atoms with Gasteiger partial charge in [-0.25, -0.2) is 13.2 Å². The van der Waals surface area contributed by atoms with E-state index in [1.807, 2.05) is 6.07 Å². The molecule has 1 amide bonds. The molecule has 7 heteroatoms. The molecule has 0 bridgehead atoms. The lowest BCUT2D eigenvalue weighted by atomic mass is 10.2. The lowest BCUT2D eigenvalue weighted by Crippen LogP contribution is -2.30. The van der Waals surface area contributed by atoms with Gasteiger partial charge in [0.15, 0.2) is 23.6 Å². The van der Waals surface area contributed by atoms with Crippen LogP contribution >= 0.6 is 0 Å². The molecule has 0 saturated carbocycles. The van der Waals surface area contributed by atoms with E-state index in [4.69, 9.17) is 10.00 Å². The maximum Gasteiger partial charge on any atom is 0.265 e. The minimum atomic E-state index is -1.67. The highest BCUT2D eigenvalue weighted by Gasteiger charge is 2.20. The maximum absolute atomic E-state index is 13.5. The Morgan fingerprint density at radius 1 is 1.17 bits per heavy atom. The minimum absolute atomic E-state index is 0.184. The monoisotopic (exact) mass is 320 g/mol. The van der Waals surface area contributed by atoms with Crippen molar-refractivity contribution in [2.45, 2.75) is 13.0 Å². The molecule has 2 rings (SSSR count). The zero-order valence-electron chi connectivity index (χ0n) is 11.9. The van der Waals surface area contributed by atoms with Gasteiger partial charge in [-0.3, -0.25) is 4.79 Å². The topological polar surface area (TPSA) is 62.1 Å². The minimum Gasteiger partial charge on any atom is -0.480 e. The SMILES string of the molecule is C[C@H](Oc1ccccc1C#N)C(=O)Nc1ccc(F)c(F)c1F. The Hall–Kier alpha value is -3.01. The second-order valence-corrected chi connectivity index (χ2v) is 4.58. The van der Waals surface area contributed by atoms with Gasteiger partial charge in [-0.05, 0) is 31.2 Å². The van der Waals surface area contributed by atoms with Crippen LogP contribution in [0, 0.1) is 28.8 Å². The van der Waals surface area contributed by atoms with Crippen LogP contribution in [0.5, 0.6) is 5.75 Å². The van der Waals surface area contributed by atoms with Gasteiger partial charge >= 0.3 is 0 Å². The van der Waals surface area contributed by atoms with Crippen LogP contribution in [0.1, 0.15) is 12.5 Å². The number of amides is 1. The Labute approximate surface area is 130 Å². The molecule has 0 aliphatic carbocycles. The number of halogens is 3. The molecule has 2 aromatic carbocycles. The van der Waals surface area contributed by atoms with Crippen molar-refractivity contribution >= 4 is 11.6 Å². The molecule has 2 aromatic rings. The average molecular weight is 320 g/mol. The molecule has 0 radical (unpaired) electrons. The number of hydrogen-bond acceptors (Lipinski definition) is 3. The Morgan fingerprint density at radius 2 is 1.87 bits per heavy atom. The highest BCUT2D eigenvalue weighted by molar-refractivity contribution is 5.94. The number of nitrogens with zero attached hydrogens (tertiary/aromatic N) is 1. The zero-order valence-corrected chi connectivity index (χ0v) is 11.9. The molecule has 0 spiro atoms. The van der Waals surface area contributed by atoms with Crippen molar-refractivity contribution in [2.24, 2.45) is 0 Å². The molecule has 0 aromatic heterocycles. The van der Waals surface area contributed by atoms with Gasteiger partial charge in [0.1, 0.15) is 11.8 Å². The molecule has 0 saturated heterocycles. The summed E-state index contributed by atoms with van der Waals surface area (Å²) in [7, 11) is 0. The molecule has 1 atom stereocenters. The number of ether oxygens (including phenoxy) is 1. The second-order valence-electron chi connectivity index (χ2n) is 4.58. The predicted octanol–water partition coefficient (Wildman–Crippen LogP) is 3.38. The van der Waals surface area contributed by atoms with Crippen LogP contribution in [0.25, 0.3) is 0 Å². The number of hydrogen-bond donors (Lipinski definition) is 1. The number of para-hydroxylation sites is 1. The first-order valence-corrected chi connectivity index (χ1v) is 6.54. The number of nitrogens with one attached hydrogen (secondary N) is 1. The van der Waals surface area contributed by atoms with E-state index in [2.05, 4.69) is 5.32 Å². The molecule has 118 valence electrons. The summed E-state index contributed by atoms with van der Waals surface area (Å²) in [5.74, 6) is -5.12. The molecule has 4 nitrogen and oxygen atoms in total. The van der Waals surface area contributed by atoms with E-state index in [1.54, 1.807) is 12.1 Å². The Bertz CT molecular complexity index is 787. The summed E-state index contributed by atoms with van der Waals surface area (Å²) in [6.07, 6.45) is -1.09. The summed E-state index contributed by atoms with van der Waals surface area (Å²) in [5, 5.41) is 11.0. The largest absolute Gasteiger partial charge is 0.480 e. The van der Waals surface area contributed by atoms with E-state index in [1.165, 1.54) is 19.1 Å². The van der Waals surface area contributed by atoms with Gasteiger partial charge in [-0.15, -0.1) is 0 Å². The number of carbonyl (C=O) groups is 1. The average Bonchev–Trinajstić information content (AvgIpc) is 2.55. The number of anilines is 1. The lowest BCUT2D eigenvalue weighted by Gasteiger charge is -2.16. The van der Waals surface area contributed by atoms with Crippen LogP contribution < -0.4 is 10.1 Å². The summed E-state index contributed by atoms with van der Waals surface area (Å²) in [6.45, 7) is 1.38. The standard InChI is InChI=1S/C16H11F3N2O2/c1-9(23-13-5-3-2-4-10(13)8-20)16(22)21-12-7-6-11(17)14(18)15(12)19/h2-7,9H,1H3,(H,21,22)/t9-/m0/s1. The molecule has 1 N–H and O–H groups in total. The van der Waals surface area contributed by atoms with Crippen LogP contribution in [0.3, 0.4) is 0 Å². The number of nitriles is 1. The van der Waals surface area contributed by atoms with Crippen molar-refractivity contribution in [3.8, 4) is 11.8 Å². The quantitative estimate of drug-likeness (QED) is 0.879. The predicted molar refractivity (Wildman–Crippen MR) is 76.2 cm³/mol. The fraction of sp³-hybridized carbons (Fsp3) is 0.125. The molecule has 0 aliphatic heterocycles. The van der Waals surface area contributed by atoms with E-state index in [-0.39, 0.29) is 11.3 Å². The van der Waals surface area contributed by atoms with Gasteiger partial charge < -0.3 is 10.1 Å². The van der Waals surface area contributed by atoms with Crippen LogP contribution in [0.4, 0.5) is 18.9 Å². The lowest BCUT2D eigenvalue weighted by molar-refractivity contribution is -0.122. The molecular formula is C16H11F3N2O2. The summed E-state index contributed by atoms with van der Waals surface area (Å²) in [4.78, 5) is 12.0. The van der Waals surface area contributed by atoms with Crippen molar-refractivity contribution in [3.05, 3.63) is 59.4 Å². The third-order valence-corrected chi connectivity index (χ3v) is 2.97. The maximum atomic E-state index is 13.5. The normalized spacial score (nSPS) is 11.4. The van der Waals surface area contributed by atoms with E-state index in [0.717, 1.165) is 6.07 Å². The highest BCUT2D eigenvalue weighted by atomic mass is 19.2. The van der Waals surface area contributed by atoms with E-state index in [9.17, 15) is 18.0 Å². The van der Waals surface area contributed by atoms with Crippen molar-refractivity contribution < 1.29 is 22.7 Å². The fourth-order valence-corrected chi connectivity index (χ4v) is 1.76. The van der Waals surface area contributed by atoms with Crippen LogP contribution in [0.2, 0.25) is 0 Å². The molecule has 0 fully saturated rings. The van der Waals surface area contributed by atoms with Crippen molar-refractivity contribution in [1.29, 1.82) is 5.26 Å². The summed E-state index contributed by atoms with van der Waals surface area (Å²) in [5.41, 5.74) is -0.274. The molecule has 0 heterocycles. The van der Waals surface area contributed by atoms with Gasteiger partial charge in [-0.1, -0.05) is 12.1 Å². The first kappa shape index (κ1) is 16.4. The smallest absolute Gasteiger partial charge is 0.265 e. The first-order valence-electron chi connectivity index (χ1n) is 6.54.